The summed E-state index contributed by atoms with van der Waals surface area (Å²) in [6.45, 7) is 3.75. The molecule has 3 N–H and O–H groups in total. The molecule has 27 heavy (non-hydrogen) atoms. The molecular formula is C20H30FN3O3. The molecule has 2 saturated heterocycles. The van der Waals surface area contributed by atoms with Crippen molar-refractivity contribution in [3.63, 3.8) is 0 Å². The monoisotopic (exact) mass is 379 g/mol. The zero-order valence-electron chi connectivity index (χ0n) is 16.0. The summed E-state index contributed by atoms with van der Waals surface area (Å²) in [5.74, 6) is 0.431. The van der Waals surface area contributed by atoms with Crippen LogP contribution in [0, 0.1) is 11.7 Å². The summed E-state index contributed by atoms with van der Waals surface area (Å²) in [4.78, 5) is 14.4. The second-order valence-corrected chi connectivity index (χ2v) is 7.64. The van der Waals surface area contributed by atoms with E-state index in [1.165, 1.54) is 13.2 Å². The van der Waals surface area contributed by atoms with Crippen molar-refractivity contribution < 1.29 is 19.0 Å². The molecule has 1 aromatic rings. The smallest absolute Gasteiger partial charge is 0.256 e. The molecule has 0 bridgehead atoms. The van der Waals surface area contributed by atoms with Crippen LogP contribution in [0.1, 0.15) is 31.2 Å². The highest BCUT2D eigenvalue weighted by molar-refractivity contribution is 5.86. The van der Waals surface area contributed by atoms with E-state index in [0.717, 1.165) is 32.5 Å². The van der Waals surface area contributed by atoms with Gasteiger partial charge < -0.3 is 25.4 Å². The van der Waals surface area contributed by atoms with Gasteiger partial charge in [-0.2, -0.15) is 0 Å². The van der Waals surface area contributed by atoms with E-state index >= 15 is 0 Å². The molecular weight excluding hydrogens is 349 g/mol. The molecule has 1 atom stereocenters. The Labute approximate surface area is 160 Å². The standard InChI is InChI=1S/C20H30FN3O3/c1-27-17-3-4-18(21)16(11-17)13-24-10-2-7-20(26,19(24)25)14-23-12-15-5-8-22-9-6-15/h3-4,11,15,22-23,26H,2,5-10,12-14H2,1H3/t20-/m1/s1. The molecule has 0 saturated carbocycles. The third kappa shape index (κ3) is 4.97. The maximum absolute atomic E-state index is 14.1. The van der Waals surface area contributed by atoms with Crippen LogP contribution >= 0.6 is 0 Å². The van der Waals surface area contributed by atoms with Gasteiger partial charge in [-0.1, -0.05) is 0 Å². The topological polar surface area (TPSA) is 73.8 Å². The summed E-state index contributed by atoms with van der Waals surface area (Å²) in [6.07, 6.45) is 3.35. The molecule has 6 nitrogen and oxygen atoms in total. The van der Waals surface area contributed by atoms with E-state index < -0.39 is 5.60 Å². The number of nitrogens with zero attached hydrogens (tertiary/aromatic N) is 1. The van der Waals surface area contributed by atoms with Crippen molar-refractivity contribution in [1.82, 2.24) is 15.5 Å². The van der Waals surface area contributed by atoms with Gasteiger partial charge >= 0.3 is 0 Å². The van der Waals surface area contributed by atoms with Crippen molar-refractivity contribution >= 4 is 5.91 Å². The number of amides is 1. The zero-order valence-corrected chi connectivity index (χ0v) is 16.0. The van der Waals surface area contributed by atoms with E-state index in [1.54, 1.807) is 17.0 Å². The first-order chi connectivity index (χ1) is 13.0. The molecule has 3 rings (SSSR count). The van der Waals surface area contributed by atoms with Crippen LogP contribution in [0.2, 0.25) is 0 Å². The number of likely N-dealkylation sites (tertiary alicyclic amines) is 1. The van der Waals surface area contributed by atoms with E-state index in [2.05, 4.69) is 10.6 Å². The lowest BCUT2D eigenvalue weighted by Gasteiger charge is -2.38. The van der Waals surface area contributed by atoms with Crippen molar-refractivity contribution in [2.24, 2.45) is 5.92 Å². The number of hydrogen-bond donors (Lipinski definition) is 3. The second kappa shape index (κ2) is 8.99. The number of carbonyl (C=O) groups is 1. The minimum atomic E-state index is -1.42. The average molecular weight is 379 g/mol. The summed E-state index contributed by atoms with van der Waals surface area (Å²) < 4.78 is 19.3. The van der Waals surface area contributed by atoms with Crippen LogP contribution in [0.4, 0.5) is 4.39 Å². The van der Waals surface area contributed by atoms with Crippen LogP contribution in [0.25, 0.3) is 0 Å². The van der Waals surface area contributed by atoms with Gasteiger partial charge in [-0.25, -0.2) is 4.39 Å². The van der Waals surface area contributed by atoms with E-state index in [1.807, 2.05) is 0 Å². The Hall–Kier alpha value is -1.70. The van der Waals surface area contributed by atoms with Gasteiger partial charge in [0.25, 0.3) is 5.91 Å². The number of hydrogen-bond acceptors (Lipinski definition) is 5. The van der Waals surface area contributed by atoms with Crippen molar-refractivity contribution in [3.05, 3.63) is 29.6 Å². The number of aliphatic hydroxyl groups is 1. The lowest BCUT2D eigenvalue weighted by atomic mass is 9.90. The van der Waals surface area contributed by atoms with Gasteiger partial charge in [-0.05, 0) is 69.4 Å². The fourth-order valence-corrected chi connectivity index (χ4v) is 3.95. The Bertz CT molecular complexity index is 651. The van der Waals surface area contributed by atoms with Crippen LogP contribution in [0.5, 0.6) is 5.75 Å². The molecule has 2 heterocycles. The highest BCUT2D eigenvalue weighted by Gasteiger charge is 2.42. The molecule has 2 aliphatic heterocycles. The molecule has 1 amide bonds. The van der Waals surface area contributed by atoms with Crippen LogP contribution in [0.3, 0.4) is 0 Å². The number of nitrogens with one attached hydrogen (secondary N) is 2. The second-order valence-electron chi connectivity index (χ2n) is 7.64. The predicted molar refractivity (Wildman–Crippen MR) is 101 cm³/mol. The summed E-state index contributed by atoms with van der Waals surface area (Å²) in [5, 5.41) is 17.5. The largest absolute Gasteiger partial charge is 0.497 e. The molecule has 2 fully saturated rings. The fraction of sp³-hybridized carbons (Fsp3) is 0.650. The molecule has 0 aromatic heterocycles. The Morgan fingerprint density at radius 3 is 2.93 bits per heavy atom. The first-order valence-electron chi connectivity index (χ1n) is 9.77. The number of carbonyl (C=O) groups excluding carboxylic acids is 1. The number of methoxy groups -OCH3 is 1. The van der Waals surface area contributed by atoms with Crippen molar-refractivity contribution in [1.29, 1.82) is 0 Å². The van der Waals surface area contributed by atoms with E-state index in [0.29, 0.717) is 36.6 Å². The van der Waals surface area contributed by atoms with E-state index in [9.17, 15) is 14.3 Å². The first kappa shape index (κ1) is 20.0. The highest BCUT2D eigenvalue weighted by atomic mass is 19.1. The molecule has 0 aliphatic carbocycles. The molecule has 0 radical (unpaired) electrons. The third-order valence-corrected chi connectivity index (χ3v) is 5.63. The zero-order chi connectivity index (χ0) is 19.3. The number of rotatable bonds is 7. The maximum atomic E-state index is 14.1. The molecule has 150 valence electrons. The fourth-order valence-electron chi connectivity index (χ4n) is 3.95. The molecule has 0 unspecified atom stereocenters. The normalized spacial score (nSPS) is 24.3. The molecule has 2 aliphatic rings. The predicted octanol–water partition coefficient (Wildman–Crippen LogP) is 1.28. The Balaban J connectivity index is 1.59. The molecule has 7 heteroatoms. The van der Waals surface area contributed by atoms with Crippen LogP contribution in [0.15, 0.2) is 18.2 Å². The van der Waals surface area contributed by atoms with Crippen LogP contribution in [-0.4, -0.2) is 61.3 Å². The number of ether oxygens (including phenoxy) is 1. The Morgan fingerprint density at radius 2 is 2.19 bits per heavy atom. The van der Waals surface area contributed by atoms with Gasteiger partial charge in [-0.3, -0.25) is 4.79 Å². The van der Waals surface area contributed by atoms with Crippen molar-refractivity contribution in [2.45, 2.75) is 37.8 Å². The number of benzene rings is 1. The van der Waals surface area contributed by atoms with Gasteiger partial charge in [0.1, 0.15) is 11.6 Å². The Morgan fingerprint density at radius 1 is 1.41 bits per heavy atom. The van der Waals surface area contributed by atoms with Gasteiger partial charge in [0.05, 0.1) is 7.11 Å². The quantitative estimate of drug-likeness (QED) is 0.666. The van der Waals surface area contributed by atoms with Crippen molar-refractivity contribution in [3.8, 4) is 5.75 Å². The average Bonchev–Trinajstić information content (AvgIpc) is 2.68. The minimum Gasteiger partial charge on any atom is -0.497 e. The van der Waals surface area contributed by atoms with Crippen LogP contribution in [-0.2, 0) is 11.3 Å². The SMILES string of the molecule is COc1ccc(F)c(CN2CCC[C@@](O)(CNCC3CCNCC3)C2=O)c1. The van der Waals surface area contributed by atoms with Gasteiger partial charge in [0.2, 0.25) is 0 Å². The van der Waals surface area contributed by atoms with Crippen LogP contribution < -0.4 is 15.4 Å². The van der Waals surface area contributed by atoms with Gasteiger partial charge in [0.15, 0.2) is 5.60 Å². The third-order valence-electron chi connectivity index (χ3n) is 5.63. The Kier molecular flexibility index (Phi) is 6.68. The maximum Gasteiger partial charge on any atom is 0.256 e. The molecule has 1 aromatic carbocycles. The summed E-state index contributed by atoms with van der Waals surface area (Å²) in [7, 11) is 1.52. The lowest BCUT2D eigenvalue weighted by molar-refractivity contribution is -0.157. The first-order valence-corrected chi connectivity index (χ1v) is 9.77. The minimum absolute atomic E-state index is 0.137. The van der Waals surface area contributed by atoms with E-state index in [4.69, 9.17) is 4.74 Å². The summed E-state index contributed by atoms with van der Waals surface area (Å²) in [6, 6.07) is 4.50. The molecule has 0 spiro atoms. The lowest BCUT2D eigenvalue weighted by Crippen LogP contribution is -2.58. The van der Waals surface area contributed by atoms with Gasteiger partial charge in [-0.15, -0.1) is 0 Å². The number of piperidine rings is 2. The van der Waals surface area contributed by atoms with Crippen molar-refractivity contribution in [2.75, 3.05) is 39.8 Å². The summed E-state index contributed by atoms with van der Waals surface area (Å²) in [5.41, 5.74) is -1.02. The highest BCUT2D eigenvalue weighted by Crippen LogP contribution is 2.26. The van der Waals surface area contributed by atoms with Gasteiger partial charge in [0, 0.05) is 25.2 Å². The summed E-state index contributed by atoms with van der Waals surface area (Å²) >= 11 is 0. The van der Waals surface area contributed by atoms with E-state index in [-0.39, 0.29) is 24.8 Å². The number of halogens is 1.